The second-order valence-electron chi connectivity index (χ2n) is 6.88. The molecule has 29 heavy (non-hydrogen) atoms. The number of hydrogen-bond acceptors (Lipinski definition) is 5. The quantitative estimate of drug-likeness (QED) is 0.596. The van der Waals surface area contributed by atoms with Crippen LogP contribution in [-0.4, -0.2) is 31.8 Å². The van der Waals surface area contributed by atoms with Gasteiger partial charge in [0.2, 0.25) is 0 Å². The summed E-state index contributed by atoms with van der Waals surface area (Å²) in [6.07, 6.45) is 0.839. The molecule has 0 bridgehead atoms. The number of benzene rings is 2. The standard InChI is InChI=1S/C21H24N2O4S2/c1-5-12-23-19-17(27-4)11-8-15(3)20(19)28-21(23)22-18(24)13-29(25,26)16-9-6-14(2)7-10-16/h6-11H,5,12-13H2,1-4H3. The Balaban J connectivity index is 2.05. The molecular formula is C21H24N2O4S2. The summed E-state index contributed by atoms with van der Waals surface area (Å²) in [5, 5.41) is 0. The normalized spacial score (nSPS) is 12.5. The molecule has 1 amide bonds. The molecule has 0 N–H and O–H groups in total. The maximum absolute atomic E-state index is 12.6. The number of ether oxygens (including phenoxy) is 1. The molecule has 0 spiro atoms. The fourth-order valence-electron chi connectivity index (χ4n) is 3.09. The SMILES string of the molecule is CCCn1c(=NC(=O)CS(=O)(=O)c2ccc(C)cc2)sc2c(C)ccc(OC)c21. The number of aryl methyl sites for hydroxylation is 3. The highest BCUT2D eigenvalue weighted by Crippen LogP contribution is 2.30. The third-order valence-corrected chi connectivity index (χ3v) is 7.40. The molecule has 0 unspecified atom stereocenters. The molecule has 1 aromatic heterocycles. The van der Waals surface area contributed by atoms with Crippen molar-refractivity contribution in [3.8, 4) is 5.75 Å². The molecule has 0 saturated heterocycles. The van der Waals surface area contributed by atoms with Crippen molar-refractivity contribution in [1.29, 1.82) is 0 Å². The third-order valence-electron chi connectivity index (χ3n) is 4.57. The van der Waals surface area contributed by atoms with E-state index < -0.39 is 21.5 Å². The summed E-state index contributed by atoms with van der Waals surface area (Å²) in [6, 6.07) is 10.3. The van der Waals surface area contributed by atoms with Crippen LogP contribution in [0.15, 0.2) is 46.3 Å². The van der Waals surface area contributed by atoms with Crippen LogP contribution in [0.5, 0.6) is 5.75 Å². The van der Waals surface area contributed by atoms with Gasteiger partial charge in [0.15, 0.2) is 14.6 Å². The highest BCUT2D eigenvalue weighted by Gasteiger charge is 2.20. The van der Waals surface area contributed by atoms with E-state index in [1.807, 2.05) is 37.5 Å². The first-order chi connectivity index (χ1) is 13.8. The molecule has 0 radical (unpaired) electrons. The van der Waals surface area contributed by atoms with Gasteiger partial charge in [-0.3, -0.25) is 4.79 Å². The molecule has 0 fully saturated rings. The first-order valence-electron chi connectivity index (χ1n) is 9.30. The zero-order valence-electron chi connectivity index (χ0n) is 16.9. The molecule has 0 aliphatic rings. The van der Waals surface area contributed by atoms with Gasteiger partial charge in [0, 0.05) is 6.54 Å². The Morgan fingerprint density at radius 3 is 2.45 bits per heavy atom. The lowest BCUT2D eigenvalue weighted by molar-refractivity contribution is -0.115. The minimum absolute atomic E-state index is 0.127. The van der Waals surface area contributed by atoms with Crippen molar-refractivity contribution in [3.05, 3.63) is 52.3 Å². The Labute approximate surface area is 174 Å². The third kappa shape index (κ3) is 4.43. The molecule has 0 atom stereocenters. The van der Waals surface area contributed by atoms with E-state index in [0.717, 1.165) is 27.8 Å². The van der Waals surface area contributed by atoms with Crippen LogP contribution in [0.2, 0.25) is 0 Å². The molecule has 6 nitrogen and oxygen atoms in total. The molecule has 1 heterocycles. The maximum Gasteiger partial charge on any atom is 0.263 e. The lowest BCUT2D eigenvalue weighted by Gasteiger charge is -2.08. The summed E-state index contributed by atoms with van der Waals surface area (Å²) in [5.74, 6) is -0.637. The molecule has 3 rings (SSSR count). The highest BCUT2D eigenvalue weighted by molar-refractivity contribution is 7.92. The van der Waals surface area contributed by atoms with Gasteiger partial charge >= 0.3 is 0 Å². The summed E-state index contributed by atoms with van der Waals surface area (Å²) in [7, 11) is -2.14. The number of aromatic nitrogens is 1. The molecule has 0 saturated carbocycles. The van der Waals surface area contributed by atoms with Crippen molar-refractivity contribution in [3.63, 3.8) is 0 Å². The first kappa shape index (κ1) is 21.3. The van der Waals surface area contributed by atoms with Crippen molar-refractivity contribution < 1.29 is 17.9 Å². The van der Waals surface area contributed by atoms with Crippen molar-refractivity contribution in [2.75, 3.05) is 12.9 Å². The largest absolute Gasteiger partial charge is 0.495 e. The Morgan fingerprint density at radius 2 is 1.83 bits per heavy atom. The van der Waals surface area contributed by atoms with Gasteiger partial charge in [-0.15, -0.1) is 0 Å². The second kappa shape index (κ2) is 8.51. The number of methoxy groups -OCH3 is 1. The topological polar surface area (TPSA) is 77.7 Å². The fraction of sp³-hybridized carbons (Fsp3) is 0.333. The van der Waals surface area contributed by atoms with E-state index in [0.29, 0.717) is 17.1 Å². The van der Waals surface area contributed by atoms with Gasteiger partial charge in [-0.2, -0.15) is 4.99 Å². The summed E-state index contributed by atoms with van der Waals surface area (Å²) >= 11 is 1.37. The predicted octanol–water partition coefficient (Wildman–Crippen LogP) is 3.64. The average Bonchev–Trinajstić information content (AvgIpc) is 3.01. The molecule has 154 valence electrons. The van der Waals surface area contributed by atoms with Gasteiger partial charge < -0.3 is 9.30 Å². The van der Waals surface area contributed by atoms with E-state index in [2.05, 4.69) is 4.99 Å². The Bertz CT molecular complexity index is 1220. The van der Waals surface area contributed by atoms with E-state index >= 15 is 0 Å². The molecule has 3 aromatic rings. The van der Waals surface area contributed by atoms with E-state index in [-0.39, 0.29) is 4.90 Å². The minimum atomic E-state index is -3.75. The zero-order chi connectivity index (χ0) is 21.2. The van der Waals surface area contributed by atoms with Gasteiger partial charge in [-0.05, 0) is 44.0 Å². The monoisotopic (exact) mass is 432 g/mol. The van der Waals surface area contributed by atoms with Gasteiger partial charge in [-0.25, -0.2) is 8.42 Å². The number of hydrogen-bond donors (Lipinski definition) is 0. The van der Waals surface area contributed by atoms with Gasteiger partial charge in [0.25, 0.3) is 5.91 Å². The summed E-state index contributed by atoms with van der Waals surface area (Å²) in [4.78, 5) is 17.3. The van der Waals surface area contributed by atoms with E-state index in [1.165, 1.54) is 23.5 Å². The van der Waals surface area contributed by atoms with Gasteiger partial charge in [-0.1, -0.05) is 42.0 Å². The van der Waals surface area contributed by atoms with Crippen molar-refractivity contribution >= 4 is 37.3 Å². The highest BCUT2D eigenvalue weighted by atomic mass is 32.2. The van der Waals surface area contributed by atoms with Crippen LogP contribution >= 0.6 is 11.3 Å². The fourth-order valence-corrected chi connectivity index (χ4v) is 5.36. The summed E-state index contributed by atoms with van der Waals surface area (Å²) in [5.41, 5.74) is 2.89. The maximum atomic E-state index is 12.6. The number of nitrogens with zero attached hydrogens (tertiary/aromatic N) is 2. The average molecular weight is 433 g/mol. The van der Waals surface area contributed by atoms with Crippen LogP contribution in [-0.2, 0) is 21.2 Å². The number of carbonyl (C=O) groups excluding carboxylic acids is 1. The molecule has 0 aliphatic heterocycles. The van der Waals surface area contributed by atoms with E-state index in [9.17, 15) is 13.2 Å². The Kier molecular flexibility index (Phi) is 6.24. The number of rotatable bonds is 6. The van der Waals surface area contributed by atoms with Crippen molar-refractivity contribution in [2.24, 2.45) is 4.99 Å². The Hall–Kier alpha value is -2.45. The van der Waals surface area contributed by atoms with Gasteiger partial charge in [0.05, 0.1) is 16.7 Å². The summed E-state index contributed by atoms with van der Waals surface area (Å²) < 4.78 is 33.6. The molecule has 0 aliphatic carbocycles. The number of sulfone groups is 1. The number of carbonyl (C=O) groups is 1. The first-order valence-corrected chi connectivity index (χ1v) is 11.8. The van der Waals surface area contributed by atoms with Crippen molar-refractivity contribution in [1.82, 2.24) is 4.57 Å². The number of fused-ring (bicyclic) bond motifs is 1. The van der Waals surface area contributed by atoms with Crippen molar-refractivity contribution in [2.45, 2.75) is 38.6 Å². The van der Waals surface area contributed by atoms with Gasteiger partial charge in [0.1, 0.15) is 17.0 Å². The summed E-state index contributed by atoms with van der Waals surface area (Å²) in [6.45, 7) is 6.55. The van der Waals surface area contributed by atoms with Crippen LogP contribution in [0.3, 0.4) is 0 Å². The lowest BCUT2D eigenvalue weighted by atomic mass is 10.2. The number of thiazole rings is 1. The second-order valence-corrected chi connectivity index (χ2v) is 9.84. The molecule has 8 heteroatoms. The van der Waals surface area contributed by atoms with Crippen LogP contribution in [0.4, 0.5) is 0 Å². The van der Waals surface area contributed by atoms with Crippen LogP contribution in [0.1, 0.15) is 24.5 Å². The lowest BCUT2D eigenvalue weighted by Crippen LogP contribution is -2.21. The van der Waals surface area contributed by atoms with E-state index in [4.69, 9.17) is 4.74 Å². The smallest absolute Gasteiger partial charge is 0.263 e. The van der Waals surface area contributed by atoms with Crippen LogP contribution < -0.4 is 9.54 Å². The Morgan fingerprint density at radius 1 is 1.14 bits per heavy atom. The van der Waals surface area contributed by atoms with E-state index in [1.54, 1.807) is 19.2 Å². The number of amides is 1. The predicted molar refractivity (Wildman–Crippen MR) is 115 cm³/mol. The van der Waals surface area contributed by atoms with Crippen LogP contribution in [0, 0.1) is 13.8 Å². The van der Waals surface area contributed by atoms with Crippen LogP contribution in [0.25, 0.3) is 10.2 Å². The molecule has 2 aromatic carbocycles. The zero-order valence-corrected chi connectivity index (χ0v) is 18.6. The molecular weight excluding hydrogens is 408 g/mol. The minimum Gasteiger partial charge on any atom is -0.495 e.